The van der Waals surface area contributed by atoms with Crippen LogP contribution < -0.4 is 10.6 Å². The number of esters is 1. The Morgan fingerprint density at radius 2 is 1.79 bits per heavy atom. The minimum atomic E-state index is -0.985. The van der Waals surface area contributed by atoms with E-state index in [0.29, 0.717) is 10.6 Å². The van der Waals surface area contributed by atoms with Crippen LogP contribution in [0.3, 0.4) is 0 Å². The van der Waals surface area contributed by atoms with Crippen molar-refractivity contribution in [2.45, 2.75) is 6.92 Å². The van der Waals surface area contributed by atoms with Crippen LogP contribution in [0.5, 0.6) is 0 Å². The van der Waals surface area contributed by atoms with Crippen LogP contribution in [-0.2, 0) is 4.74 Å². The number of nitrogens with one attached hydrogen (secondary N) is 2. The minimum Gasteiger partial charge on any atom is -0.465 e. The van der Waals surface area contributed by atoms with Gasteiger partial charge in [-0.15, -0.1) is 11.3 Å². The van der Waals surface area contributed by atoms with Crippen molar-refractivity contribution in [3.05, 3.63) is 70.6 Å². The van der Waals surface area contributed by atoms with Crippen LogP contribution in [0, 0.1) is 18.6 Å². The molecule has 0 atom stereocenters. The minimum absolute atomic E-state index is 0.136. The van der Waals surface area contributed by atoms with Gasteiger partial charge in [0.25, 0.3) is 0 Å². The monoisotopic (exact) mass is 418 g/mol. The van der Waals surface area contributed by atoms with Crippen molar-refractivity contribution in [1.82, 2.24) is 0 Å². The van der Waals surface area contributed by atoms with E-state index in [1.165, 1.54) is 24.5 Å². The van der Waals surface area contributed by atoms with Crippen molar-refractivity contribution in [1.29, 1.82) is 0 Å². The third-order valence-corrected chi connectivity index (χ3v) is 5.17. The molecular formula is C20H16F2N2O2S2. The molecule has 0 amide bonds. The van der Waals surface area contributed by atoms with Crippen molar-refractivity contribution in [3.63, 3.8) is 0 Å². The number of methoxy groups -OCH3 is 1. The number of carbonyl (C=O) groups excluding carboxylic acids is 1. The average molecular weight is 418 g/mol. The van der Waals surface area contributed by atoms with Gasteiger partial charge in [-0.25, -0.2) is 13.6 Å². The predicted octanol–water partition coefficient (Wildman–Crippen LogP) is 5.60. The van der Waals surface area contributed by atoms with Gasteiger partial charge in [-0.3, -0.25) is 0 Å². The summed E-state index contributed by atoms with van der Waals surface area (Å²) in [5.41, 5.74) is 2.29. The van der Waals surface area contributed by atoms with Crippen LogP contribution in [0.4, 0.5) is 19.5 Å². The van der Waals surface area contributed by atoms with Crippen molar-refractivity contribution >= 4 is 45.3 Å². The molecular weight excluding hydrogens is 402 g/mol. The van der Waals surface area contributed by atoms with E-state index in [9.17, 15) is 13.6 Å². The second-order valence-electron chi connectivity index (χ2n) is 5.80. The van der Waals surface area contributed by atoms with E-state index in [0.717, 1.165) is 28.1 Å². The first-order valence-corrected chi connectivity index (χ1v) is 9.43. The standard InChI is InChI=1S/C20H16F2N2O2S2/c1-11-16(12-6-4-3-5-7-12)17(19(25)26-2)18(28-11)24-20(27)23-13-8-9-14(21)15(22)10-13/h3-10H,1-2H3,(H2,23,24,27). The van der Waals surface area contributed by atoms with E-state index >= 15 is 0 Å². The summed E-state index contributed by atoms with van der Waals surface area (Å²) >= 11 is 6.61. The van der Waals surface area contributed by atoms with Gasteiger partial charge >= 0.3 is 5.97 Å². The van der Waals surface area contributed by atoms with Gasteiger partial charge in [0.05, 0.1) is 7.11 Å². The fourth-order valence-corrected chi connectivity index (χ4v) is 4.07. The quantitative estimate of drug-likeness (QED) is 0.427. The molecule has 0 bridgehead atoms. The number of hydrogen-bond acceptors (Lipinski definition) is 4. The number of hydrogen-bond donors (Lipinski definition) is 2. The van der Waals surface area contributed by atoms with Crippen LogP contribution in [0.15, 0.2) is 48.5 Å². The van der Waals surface area contributed by atoms with Crippen molar-refractivity contribution < 1.29 is 18.3 Å². The molecule has 3 rings (SSSR count). The molecule has 4 nitrogen and oxygen atoms in total. The second kappa shape index (κ2) is 8.45. The van der Waals surface area contributed by atoms with Gasteiger partial charge in [-0.1, -0.05) is 30.3 Å². The van der Waals surface area contributed by atoms with E-state index in [-0.39, 0.29) is 10.8 Å². The zero-order valence-electron chi connectivity index (χ0n) is 15.0. The van der Waals surface area contributed by atoms with Gasteiger partial charge in [0, 0.05) is 22.2 Å². The molecule has 2 aromatic carbocycles. The predicted molar refractivity (Wildman–Crippen MR) is 112 cm³/mol. The Hall–Kier alpha value is -2.84. The summed E-state index contributed by atoms with van der Waals surface area (Å²) < 4.78 is 31.4. The molecule has 0 aliphatic carbocycles. The summed E-state index contributed by atoms with van der Waals surface area (Å²) in [5.74, 6) is -2.43. The molecule has 0 aliphatic heterocycles. The van der Waals surface area contributed by atoms with Crippen LogP contribution in [0.1, 0.15) is 15.2 Å². The third kappa shape index (κ3) is 4.18. The topological polar surface area (TPSA) is 50.4 Å². The van der Waals surface area contributed by atoms with Crippen LogP contribution in [-0.4, -0.2) is 18.2 Å². The highest BCUT2D eigenvalue weighted by molar-refractivity contribution is 7.80. The summed E-state index contributed by atoms with van der Waals surface area (Å²) in [6.45, 7) is 1.90. The van der Waals surface area contributed by atoms with Crippen molar-refractivity contribution in [2.75, 3.05) is 17.7 Å². The SMILES string of the molecule is COC(=O)c1c(NC(=S)Nc2ccc(F)c(F)c2)sc(C)c1-c1ccccc1. The number of ether oxygens (including phenoxy) is 1. The Morgan fingerprint density at radius 3 is 2.43 bits per heavy atom. The molecule has 2 N–H and O–H groups in total. The molecule has 0 spiro atoms. The van der Waals surface area contributed by atoms with Crippen LogP contribution >= 0.6 is 23.6 Å². The maximum atomic E-state index is 13.4. The highest BCUT2D eigenvalue weighted by Gasteiger charge is 2.24. The number of carbonyl (C=O) groups is 1. The molecule has 28 heavy (non-hydrogen) atoms. The second-order valence-corrected chi connectivity index (χ2v) is 7.44. The molecule has 0 fully saturated rings. The van der Waals surface area contributed by atoms with Crippen molar-refractivity contribution in [2.24, 2.45) is 0 Å². The lowest BCUT2D eigenvalue weighted by atomic mass is 10.0. The molecule has 1 aromatic heterocycles. The van der Waals surface area contributed by atoms with Crippen LogP contribution in [0.2, 0.25) is 0 Å². The molecule has 144 valence electrons. The number of rotatable bonds is 4. The number of anilines is 2. The zero-order valence-corrected chi connectivity index (χ0v) is 16.6. The van der Waals surface area contributed by atoms with Gasteiger partial charge < -0.3 is 15.4 Å². The highest BCUT2D eigenvalue weighted by atomic mass is 32.1. The summed E-state index contributed by atoms with van der Waals surface area (Å²) in [6.07, 6.45) is 0. The number of benzene rings is 2. The maximum absolute atomic E-state index is 13.4. The highest BCUT2D eigenvalue weighted by Crippen LogP contribution is 2.40. The molecule has 3 aromatic rings. The van der Waals surface area contributed by atoms with Gasteiger partial charge in [0.2, 0.25) is 0 Å². The first kappa shape index (κ1) is 19.9. The molecule has 8 heteroatoms. The smallest absolute Gasteiger partial charge is 0.341 e. The van der Waals surface area contributed by atoms with Gasteiger partial charge in [-0.05, 0) is 36.8 Å². The number of halogens is 2. The number of aryl methyl sites for hydroxylation is 1. The van der Waals surface area contributed by atoms with E-state index < -0.39 is 17.6 Å². The molecule has 0 unspecified atom stereocenters. The lowest BCUT2D eigenvalue weighted by molar-refractivity contribution is 0.0603. The Kier molecular flexibility index (Phi) is 6.01. The van der Waals surface area contributed by atoms with E-state index in [1.54, 1.807) is 0 Å². The normalized spacial score (nSPS) is 10.4. The van der Waals surface area contributed by atoms with E-state index in [2.05, 4.69) is 10.6 Å². The Morgan fingerprint density at radius 1 is 1.07 bits per heavy atom. The summed E-state index contributed by atoms with van der Waals surface area (Å²) in [7, 11) is 1.31. The molecule has 0 radical (unpaired) electrons. The van der Waals surface area contributed by atoms with Gasteiger partial charge in [-0.2, -0.15) is 0 Å². The first-order valence-electron chi connectivity index (χ1n) is 8.21. The zero-order chi connectivity index (χ0) is 20.3. The Balaban J connectivity index is 1.92. The fraction of sp³-hybridized carbons (Fsp3) is 0.100. The maximum Gasteiger partial charge on any atom is 0.341 e. The van der Waals surface area contributed by atoms with E-state index in [4.69, 9.17) is 17.0 Å². The largest absolute Gasteiger partial charge is 0.465 e. The number of thiocarbonyl (C=S) groups is 1. The lowest BCUT2D eigenvalue weighted by Gasteiger charge is -2.11. The van der Waals surface area contributed by atoms with E-state index in [1.807, 2.05) is 37.3 Å². The summed E-state index contributed by atoms with van der Waals surface area (Å²) in [4.78, 5) is 13.4. The lowest BCUT2D eigenvalue weighted by Crippen LogP contribution is -2.20. The fourth-order valence-electron chi connectivity index (χ4n) is 2.72. The van der Waals surface area contributed by atoms with Crippen molar-refractivity contribution in [3.8, 4) is 11.1 Å². The Bertz CT molecular complexity index is 1040. The number of thiophene rings is 1. The molecule has 1 heterocycles. The molecule has 0 aliphatic rings. The average Bonchev–Trinajstić information content (AvgIpc) is 3.00. The molecule has 0 saturated carbocycles. The summed E-state index contributed by atoms with van der Waals surface area (Å²) in [5, 5.41) is 6.38. The first-order chi connectivity index (χ1) is 13.4. The Labute approximate surface area is 170 Å². The molecule has 0 saturated heterocycles. The van der Waals surface area contributed by atoms with Gasteiger partial charge in [0.15, 0.2) is 16.7 Å². The third-order valence-electron chi connectivity index (χ3n) is 3.94. The summed E-state index contributed by atoms with van der Waals surface area (Å²) in [6, 6.07) is 12.8. The van der Waals surface area contributed by atoms with Crippen LogP contribution in [0.25, 0.3) is 11.1 Å². The van der Waals surface area contributed by atoms with Gasteiger partial charge in [0.1, 0.15) is 10.6 Å².